The SMILES string of the molecule is CC(C)(O)c1cnc(NC/C(=C/Nc2ccc(F)c(C(F)F)c2)N=N)nc1. The van der Waals surface area contributed by atoms with Crippen LogP contribution in [0.25, 0.3) is 0 Å². The van der Waals surface area contributed by atoms with E-state index in [2.05, 4.69) is 25.7 Å². The molecule has 1 aromatic carbocycles. The van der Waals surface area contributed by atoms with Crippen molar-refractivity contribution in [2.24, 2.45) is 5.11 Å². The molecule has 0 amide bonds. The lowest BCUT2D eigenvalue weighted by atomic mass is 10.0. The highest BCUT2D eigenvalue weighted by Gasteiger charge is 2.16. The lowest BCUT2D eigenvalue weighted by Gasteiger charge is -2.16. The minimum Gasteiger partial charge on any atom is -0.386 e. The summed E-state index contributed by atoms with van der Waals surface area (Å²) in [4.78, 5) is 8.11. The van der Waals surface area contributed by atoms with Gasteiger partial charge in [-0.15, -0.1) is 0 Å². The van der Waals surface area contributed by atoms with Gasteiger partial charge in [-0.2, -0.15) is 5.11 Å². The summed E-state index contributed by atoms with van der Waals surface area (Å²) in [6, 6.07) is 3.22. The molecule has 10 heteroatoms. The molecule has 0 radical (unpaired) electrons. The van der Waals surface area contributed by atoms with Crippen LogP contribution >= 0.6 is 0 Å². The van der Waals surface area contributed by atoms with Gasteiger partial charge in [-0.1, -0.05) is 0 Å². The average Bonchev–Trinajstić information content (AvgIpc) is 2.62. The molecule has 0 unspecified atom stereocenters. The van der Waals surface area contributed by atoms with E-state index in [9.17, 15) is 18.3 Å². The number of benzene rings is 1. The fourth-order valence-corrected chi connectivity index (χ4v) is 2.00. The van der Waals surface area contributed by atoms with Crippen LogP contribution in [-0.4, -0.2) is 21.6 Å². The van der Waals surface area contributed by atoms with Gasteiger partial charge in [0.1, 0.15) is 5.82 Å². The third-order valence-corrected chi connectivity index (χ3v) is 3.57. The van der Waals surface area contributed by atoms with Crippen LogP contribution in [0.3, 0.4) is 0 Å². The molecular weight excluding hydrogens is 361 g/mol. The third-order valence-electron chi connectivity index (χ3n) is 3.57. The number of nitrogens with zero attached hydrogens (tertiary/aromatic N) is 3. The minimum absolute atomic E-state index is 0.0846. The van der Waals surface area contributed by atoms with E-state index < -0.39 is 23.4 Å². The van der Waals surface area contributed by atoms with Crippen LogP contribution in [-0.2, 0) is 5.60 Å². The van der Waals surface area contributed by atoms with E-state index in [1.54, 1.807) is 13.8 Å². The van der Waals surface area contributed by atoms with Crippen molar-refractivity contribution in [3.8, 4) is 0 Å². The molecule has 7 nitrogen and oxygen atoms in total. The van der Waals surface area contributed by atoms with E-state index in [1.807, 2.05) is 0 Å². The molecule has 0 saturated carbocycles. The van der Waals surface area contributed by atoms with Crippen molar-refractivity contribution < 1.29 is 18.3 Å². The molecule has 0 aliphatic heterocycles. The van der Waals surface area contributed by atoms with Gasteiger partial charge >= 0.3 is 0 Å². The summed E-state index contributed by atoms with van der Waals surface area (Å²) in [7, 11) is 0. The topological polar surface area (TPSA) is 106 Å². The van der Waals surface area contributed by atoms with Crippen LogP contribution in [0.5, 0.6) is 0 Å². The molecule has 2 rings (SSSR count). The second-order valence-corrected chi connectivity index (χ2v) is 6.14. The molecule has 144 valence electrons. The normalized spacial score (nSPS) is 12.2. The number of hydrogen-bond donors (Lipinski definition) is 4. The van der Waals surface area contributed by atoms with Gasteiger partial charge < -0.3 is 15.7 Å². The van der Waals surface area contributed by atoms with E-state index in [-0.39, 0.29) is 23.9 Å². The number of aliphatic hydroxyl groups is 1. The van der Waals surface area contributed by atoms with Crippen LogP contribution in [0.4, 0.5) is 24.8 Å². The van der Waals surface area contributed by atoms with E-state index in [4.69, 9.17) is 5.53 Å². The van der Waals surface area contributed by atoms with Crippen LogP contribution in [0, 0.1) is 11.3 Å². The molecule has 27 heavy (non-hydrogen) atoms. The number of hydrogen-bond acceptors (Lipinski definition) is 7. The summed E-state index contributed by atoms with van der Waals surface area (Å²) in [5.74, 6) is -0.724. The molecule has 0 saturated heterocycles. The summed E-state index contributed by atoms with van der Waals surface area (Å²) in [6.07, 6.45) is 1.34. The van der Waals surface area contributed by atoms with Crippen LogP contribution in [0.1, 0.15) is 31.4 Å². The van der Waals surface area contributed by atoms with Crippen LogP contribution < -0.4 is 10.6 Å². The van der Waals surface area contributed by atoms with E-state index >= 15 is 0 Å². The van der Waals surface area contributed by atoms with Gasteiger partial charge in [0.05, 0.1) is 23.4 Å². The second-order valence-electron chi connectivity index (χ2n) is 6.14. The van der Waals surface area contributed by atoms with Crippen molar-refractivity contribution in [2.45, 2.75) is 25.9 Å². The van der Waals surface area contributed by atoms with Crippen molar-refractivity contribution in [3.05, 3.63) is 59.4 Å². The molecule has 4 N–H and O–H groups in total. The van der Waals surface area contributed by atoms with Crippen molar-refractivity contribution >= 4 is 11.6 Å². The van der Waals surface area contributed by atoms with Gasteiger partial charge in [0.2, 0.25) is 5.95 Å². The fourth-order valence-electron chi connectivity index (χ4n) is 2.00. The largest absolute Gasteiger partial charge is 0.386 e. The lowest BCUT2D eigenvalue weighted by molar-refractivity contribution is 0.0778. The first kappa shape index (κ1) is 20.3. The Balaban J connectivity index is 2.01. The monoisotopic (exact) mass is 380 g/mol. The molecule has 1 heterocycles. The highest BCUT2D eigenvalue weighted by atomic mass is 19.3. The molecule has 0 fully saturated rings. The third kappa shape index (κ3) is 5.74. The van der Waals surface area contributed by atoms with E-state index in [0.29, 0.717) is 5.56 Å². The zero-order chi connectivity index (χ0) is 20.0. The van der Waals surface area contributed by atoms with Gasteiger partial charge in [-0.25, -0.2) is 28.7 Å². The average molecular weight is 380 g/mol. The van der Waals surface area contributed by atoms with Gasteiger partial charge in [-0.3, -0.25) is 0 Å². The summed E-state index contributed by atoms with van der Waals surface area (Å²) < 4.78 is 38.7. The maximum absolute atomic E-state index is 13.3. The first-order chi connectivity index (χ1) is 12.7. The molecular formula is C17H19F3N6O. The highest BCUT2D eigenvalue weighted by molar-refractivity contribution is 5.49. The Morgan fingerprint density at radius 3 is 2.56 bits per heavy atom. The molecule has 0 aliphatic rings. The van der Waals surface area contributed by atoms with Gasteiger partial charge in [0.25, 0.3) is 6.43 Å². The summed E-state index contributed by atoms with van der Waals surface area (Å²) >= 11 is 0. The van der Waals surface area contributed by atoms with Crippen LogP contribution in [0.2, 0.25) is 0 Å². The molecule has 0 spiro atoms. The van der Waals surface area contributed by atoms with Gasteiger partial charge in [0.15, 0.2) is 0 Å². The summed E-state index contributed by atoms with van der Waals surface area (Å²) in [5, 5.41) is 18.7. The molecule has 0 aliphatic carbocycles. The van der Waals surface area contributed by atoms with E-state index in [1.165, 1.54) is 24.7 Å². The summed E-state index contributed by atoms with van der Waals surface area (Å²) in [6.45, 7) is 3.31. The number of alkyl halides is 2. The fraction of sp³-hybridized carbons (Fsp3) is 0.294. The first-order valence-corrected chi connectivity index (χ1v) is 7.90. The summed E-state index contributed by atoms with van der Waals surface area (Å²) in [5.41, 5.74) is 6.41. The second kappa shape index (κ2) is 8.58. The maximum Gasteiger partial charge on any atom is 0.266 e. The Labute approximate surface area is 153 Å². The Morgan fingerprint density at radius 2 is 2.00 bits per heavy atom. The maximum atomic E-state index is 13.3. The smallest absolute Gasteiger partial charge is 0.266 e. The van der Waals surface area contributed by atoms with Crippen molar-refractivity contribution in [2.75, 3.05) is 17.2 Å². The minimum atomic E-state index is -2.93. The van der Waals surface area contributed by atoms with E-state index in [0.717, 1.165) is 12.1 Å². The Hall–Kier alpha value is -3.01. The number of rotatable bonds is 8. The first-order valence-electron chi connectivity index (χ1n) is 7.90. The molecule has 0 atom stereocenters. The predicted molar refractivity (Wildman–Crippen MR) is 94.0 cm³/mol. The highest BCUT2D eigenvalue weighted by Crippen LogP contribution is 2.25. The quantitative estimate of drug-likeness (QED) is 0.514. The number of aromatic nitrogens is 2. The number of halogens is 3. The Bertz CT molecular complexity index is 818. The predicted octanol–water partition coefficient (Wildman–Crippen LogP) is 4.18. The Kier molecular flexibility index (Phi) is 6.45. The zero-order valence-corrected chi connectivity index (χ0v) is 14.7. The molecule has 0 bridgehead atoms. The Morgan fingerprint density at radius 1 is 1.33 bits per heavy atom. The van der Waals surface area contributed by atoms with Gasteiger partial charge in [0, 0.05) is 29.8 Å². The number of anilines is 2. The number of nitrogens with one attached hydrogen (secondary N) is 3. The van der Waals surface area contributed by atoms with Crippen LogP contribution in [0.15, 0.2) is 47.6 Å². The standard InChI is InChI=1S/C17H19F3N6O/c1-17(2,27)10-6-23-16(24-7-10)25-9-12(26-21)8-22-11-3-4-14(18)13(5-11)15(19)20/h3-8,15,21-22,27H,9H2,1-2H3,(H,23,24,25)/b12-8-,26-21?. The van der Waals surface area contributed by atoms with Gasteiger partial charge in [-0.05, 0) is 32.0 Å². The molecule has 1 aromatic heterocycles. The molecule has 2 aromatic rings. The van der Waals surface area contributed by atoms with Crippen molar-refractivity contribution in [1.29, 1.82) is 5.53 Å². The zero-order valence-electron chi connectivity index (χ0n) is 14.7. The lowest BCUT2D eigenvalue weighted by Crippen LogP contribution is -2.17. The van der Waals surface area contributed by atoms with Crippen molar-refractivity contribution in [1.82, 2.24) is 9.97 Å². The van der Waals surface area contributed by atoms with Crippen molar-refractivity contribution in [3.63, 3.8) is 0 Å².